The van der Waals surface area contributed by atoms with Gasteiger partial charge in [-0.15, -0.1) is 11.3 Å². The maximum Gasteiger partial charge on any atom is 0.339 e. The molecule has 0 radical (unpaired) electrons. The van der Waals surface area contributed by atoms with Gasteiger partial charge in [-0.05, 0) is 37.1 Å². The number of carboxylic acids is 1. The fourth-order valence-electron chi connectivity index (χ4n) is 2.79. The van der Waals surface area contributed by atoms with Gasteiger partial charge in [0.15, 0.2) is 23.2 Å². The summed E-state index contributed by atoms with van der Waals surface area (Å²) in [5.74, 6) is -6.61. The zero-order valence-corrected chi connectivity index (χ0v) is 16.0. The number of phenolic OH excluding ortho intramolecular Hbond substituents is 1. The van der Waals surface area contributed by atoms with Crippen molar-refractivity contribution >= 4 is 28.2 Å². The van der Waals surface area contributed by atoms with Gasteiger partial charge in [-0.2, -0.15) is 0 Å². The van der Waals surface area contributed by atoms with E-state index in [1.54, 1.807) is 0 Å². The summed E-state index contributed by atoms with van der Waals surface area (Å²) in [5.41, 5.74) is -0.795. The van der Waals surface area contributed by atoms with Crippen LogP contribution in [0.2, 0.25) is 0 Å². The van der Waals surface area contributed by atoms with E-state index in [9.17, 15) is 33.0 Å². The van der Waals surface area contributed by atoms with Crippen molar-refractivity contribution in [2.24, 2.45) is 0 Å². The first-order valence-corrected chi connectivity index (χ1v) is 9.10. The minimum Gasteiger partial charge on any atom is -0.504 e. The SMILES string of the molecule is Cc1cc(F)c(O)c(C(=O)Nc2scc(-c3ccc(C)c(F)c3F)c2C(=O)O)c1. The van der Waals surface area contributed by atoms with E-state index in [0.29, 0.717) is 5.56 Å². The van der Waals surface area contributed by atoms with E-state index >= 15 is 0 Å². The van der Waals surface area contributed by atoms with E-state index < -0.39 is 40.6 Å². The second-order valence-electron chi connectivity index (χ2n) is 6.31. The number of aromatic hydroxyl groups is 1. The third-order valence-electron chi connectivity index (χ3n) is 4.25. The van der Waals surface area contributed by atoms with E-state index in [2.05, 4.69) is 5.32 Å². The minimum absolute atomic E-state index is 0.0591. The molecule has 3 N–H and O–H groups in total. The summed E-state index contributed by atoms with van der Waals surface area (Å²) < 4.78 is 41.9. The first-order valence-electron chi connectivity index (χ1n) is 8.22. The average molecular weight is 421 g/mol. The number of thiophene rings is 1. The van der Waals surface area contributed by atoms with Gasteiger partial charge in [-0.1, -0.05) is 12.1 Å². The molecule has 0 bridgehead atoms. The van der Waals surface area contributed by atoms with Crippen LogP contribution in [-0.2, 0) is 0 Å². The Morgan fingerprint density at radius 2 is 1.72 bits per heavy atom. The van der Waals surface area contributed by atoms with Crippen LogP contribution in [0, 0.1) is 31.3 Å². The Labute approximate surface area is 167 Å². The third kappa shape index (κ3) is 3.68. The van der Waals surface area contributed by atoms with Crippen LogP contribution in [0.3, 0.4) is 0 Å². The molecule has 5 nitrogen and oxygen atoms in total. The summed E-state index contributed by atoms with van der Waals surface area (Å²) >= 11 is 0.778. The highest BCUT2D eigenvalue weighted by molar-refractivity contribution is 7.15. The van der Waals surface area contributed by atoms with Gasteiger partial charge >= 0.3 is 5.97 Å². The molecule has 1 aromatic heterocycles. The predicted octanol–water partition coefficient (Wildman–Crippen LogP) is 5.11. The summed E-state index contributed by atoms with van der Waals surface area (Å²) in [5, 5.41) is 22.7. The van der Waals surface area contributed by atoms with E-state index in [1.165, 1.54) is 37.4 Å². The Balaban J connectivity index is 2.06. The van der Waals surface area contributed by atoms with E-state index in [1.807, 2.05) is 0 Å². The van der Waals surface area contributed by atoms with Crippen LogP contribution in [-0.4, -0.2) is 22.1 Å². The topological polar surface area (TPSA) is 86.6 Å². The quantitative estimate of drug-likeness (QED) is 0.547. The number of amides is 1. The number of aryl methyl sites for hydroxylation is 2. The van der Waals surface area contributed by atoms with Crippen molar-refractivity contribution < 1.29 is 33.0 Å². The number of benzene rings is 2. The lowest BCUT2D eigenvalue weighted by Crippen LogP contribution is -2.14. The number of carbonyl (C=O) groups is 2. The maximum atomic E-state index is 14.3. The van der Waals surface area contributed by atoms with Crippen LogP contribution in [0.5, 0.6) is 5.75 Å². The van der Waals surface area contributed by atoms with Crippen molar-refractivity contribution in [3.63, 3.8) is 0 Å². The highest BCUT2D eigenvalue weighted by Crippen LogP contribution is 2.38. The lowest BCUT2D eigenvalue weighted by atomic mass is 10.0. The molecular formula is C20H14F3NO4S. The summed E-state index contributed by atoms with van der Waals surface area (Å²) in [4.78, 5) is 24.2. The van der Waals surface area contributed by atoms with Gasteiger partial charge in [-0.25, -0.2) is 18.0 Å². The number of phenols is 1. The number of halogens is 3. The van der Waals surface area contributed by atoms with E-state index in [-0.39, 0.29) is 27.3 Å². The fraction of sp³-hybridized carbons (Fsp3) is 0.100. The van der Waals surface area contributed by atoms with Crippen molar-refractivity contribution in [3.05, 3.63) is 69.4 Å². The molecule has 150 valence electrons. The predicted molar refractivity (Wildman–Crippen MR) is 102 cm³/mol. The molecule has 2 aromatic carbocycles. The number of anilines is 1. The molecule has 3 rings (SSSR count). The molecule has 0 aliphatic rings. The molecule has 29 heavy (non-hydrogen) atoms. The molecule has 0 aliphatic heterocycles. The van der Waals surface area contributed by atoms with Gasteiger partial charge in [0.1, 0.15) is 10.6 Å². The number of nitrogens with one attached hydrogen (secondary N) is 1. The summed E-state index contributed by atoms with van der Waals surface area (Å²) in [7, 11) is 0. The van der Waals surface area contributed by atoms with Crippen molar-refractivity contribution in [1.29, 1.82) is 0 Å². The van der Waals surface area contributed by atoms with Crippen molar-refractivity contribution in [2.45, 2.75) is 13.8 Å². The number of rotatable bonds is 4. The molecule has 0 spiro atoms. The molecular weight excluding hydrogens is 407 g/mol. The average Bonchev–Trinajstić information content (AvgIpc) is 3.06. The van der Waals surface area contributed by atoms with E-state index in [4.69, 9.17) is 0 Å². The minimum atomic E-state index is -1.48. The first-order chi connectivity index (χ1) is 13.6. The number of carbonyl (C=O) groups excluding carboxylic acids is 1. The lowest BCUT2D eigenvalue weighted by Gasteiger charge is -2.09. The highest BCUT2D eigenvalue weighted by Gasteiger charge is 2.25. The second kappa shape index (κ2) is 7.59. The third-order valence-corrected chi connectivity index (χ3v) is 5.15. The normalized spacial score (nSPS) is 10.8. The molecule has 9 heteroatoms. The van der Waals surface area contributed by atoms with Gasteiger partial charge in [0.2, 0.25) is 0 Å². The van der Waals surface area contributed by atoms with Crippen molar-refractivity contribution in [1.82, 2.24) is 0 Å². The van der Waals surface area contributed by atoms with Crippen LogP contribution in [0.15, 0.2) is 29.6 Å². The summed E-state index contributed by atoms with van der Waals surface area (Å²) in [6, 6.07) is 4.82. The second-order valence-corrected chi connectivity index (χ2v) is 7.19. The molecule has 0 atom stereocenters. The monoisotopic (exact) mass is 421 g/mol. The lowest BCUT2D eigenvalue weighted by molar-refractivity contribution is 0.0699. The molecule has 3 aromatic rings. The zero-order valence-electron chi connectivity index (χ0n) is 15.1. The Morgan fingerprint density at radius 3 is 2.38 bits per heavy atom. The van der Waals surface area contributed by atoms with Gasteiger partial charge < -0.3 is 15.5 Å². The molecule has 1 amide bonds. The molecule has 0 fully saturated rings. The van der Waals surface area contributed by atoms with Gasteiger partial charge in [0, 0.05) is 16.5 Å². The number of hydrogen-bond donors (Lipinski definition) is 3. The number of hydrogen-bond acceptors (Lipinski definition) is 4. The number of aromatic carboxylic acids is 1. The molecule has 0 aliphatic carbocycles. The Kier molecular flexibility index (Phi) is 5.34. The van der Waals surface area contributed by atoms with Crippen LogP contribution in [0.4, 0.5) is 18.2 Å². The first kappa shape index (κ1) is 20.4. The van der Waals surface area contributed by atoms with Gasteiger partial charge in [0.05, 0.1) is 5.56 Å². The summed E-state index contributed by atoms with van der Waals surface area (Å²) in [6.45, 7) is 2.88. The van der Waals surface area contributed by atoms with Gasteiger partial charge in [-0.3, -0.25) is 4.79 Å². The van der Waals surface area contributed by atoms with Crippen LogP contribution in [0.1, 0.15) is 31.8 Å². The van der Waals surface area contributed by atoms with Crippen LogP contribution < -0.4 is 5.32 Å². The number of carboxylic acid groups (broad SMARTS) is 1. The standard InChI is InChI=1S/C20H14F3NO4S/c1-8-5-11(17(25)13(21)6-8)18(26)24-19-14(20(27)28)12(7-29-19)10-4-3-9(2)15(22)16(10)23/h3-7,25H,1-2H3,(H,24,26)(H,27,28). The fourth-order valence-corrected chi connectivity index (χ4v) is 3.74. The maximum absolute atomic E-state index is 14.3. The highest BCUT2D eigenvalue weighted by atomic mass is 32.1. The van der Waals surface area contributed by atoms with E-state index in [0.717, 1.165) is 17.4 Å². The zero-order chi connectivity index (χ0) is 21.5. The summed E-state index contributed by atoms with van der Waals surface area (Å²) in [6.07, 6.45) is 0. The smallest absolute Gasteiger partial charge is 0.339 e. The Morgan fingerprint density at radius 1 is 1.03 bits per heavy atom. The van der Waals surface area contributed by atoms with Crippen molar-refractivity contribution in [3.8, 4) is 16.9 Å². The van der Waals surface area contributed by atoms with Crippen LogP contribution >= 0.6 is 11.3 Å². The van der Waals surface area contributed by atoms with Crippen molar-refractivity contribution in [2.75, 3.05) is 5.32 Å². The van der Waals surface area contributed by atoms with Crippen LogP contribution in [0.25, 0.3) is 11.1 Å². The van der Waals surface area contributed by atoms with Gasteiger partial charge in [0.25, 0.3) is 5.91 Å². The molecule has 1 heterocycles. The molecule has 0 saturated carbocycles. The molecule has 0 saturated heterocycles. The largest absolute Gasteiger partial charge is 0.504 e. The Hall–Kier alpha value is -3.33. The molecule has 0 unspecified atom stereocenters. The Bertz CT molecular complexity index is 1160.